The van der Waals surface area contributed by atoms with Gasteiger partial charge in [-0.15, -0.1) is 0 Å². The van der Waals surface area contributed by atoms with Crippen molar-refractivity contribution < 1.29 is 23.6 Å². The van der Waals surface area contributed by atoms with E-state index in [4.69, 9.17) is 4.74 Å². The first kappa shape index (κ1) is 20.8. The minimum absolute atomic E-state index is 0.160. The lowest BCUT2D eigenvalue weighted by molar-refractivity contribution is -0.385. The number of amides is 2. The number of halogens is 1. The molecule has 8 nitrogen and oxygen atoms in total. The Morgan fingerprint density at radius 1 is 1.18 bits per heavy atom. The molecule has 0 aliphatic rings. The van der Waals surface area contributed by atoms with Gasteiger partial charge in [0.1, 0.15) is 5.82 Å². The van der Waals surface area contributed by atoms with Crippen LogP contribution in [0.15, 0.2) is 42.5 Å². The summed E-state index contributed by atoms with van der Waals surface area (Å²) in [5.41, 5.74) is 0.351. The zero-order valence-electron chi connectivity index (χ0n) is 15.5. The number of anilines is 1. The second kappa shape index (κ2) is 9.45. The largest absolute Gasteiger partial charge is 0.477 e. The third-order valence-corrected chi connectivity index (χ3v) is 3.92. The molecule has 0 radical (unpaired) electrons. The Morgan fingerprint density at radius 2 is 1.89 bits per heavy atom. The summed E-state index contributed by atoms with van der Waals surface area (Å²) in [6.45, 7) is 4.31. The van der Waals surface area contributed by atoms with Crippen molar-refractivity contribution in [3.8, 4) is 5.75 Å². The van der Waals surface area contributed by atoms with E-state index in [0.717, 1.165) is 18.2 Å². The van der Waals surface area contributed by atoms with Crippen molar-refractivity contribution in [1.82, 2.24) is 4.90 Å². The summed E-state index contributed by atoms with van der Waals surface area (Å²) in [5, 5.41) is 13.5. The van der Waals surface area contributed by atoms with E-state index in [-0.39, 0.29) is 11.7 Å². The maximum atomic E-state index is 13.3. The molecule has 0 aliphatic carbocycles. The van der Waals surface area contributed by atoms with Crippen molar-refractivity contribution in [1.29, 1.82) is 0 Å². The van der Waals surface area contributed by atoms with Gasteiger partial charge in [0.25, 0.3) is 11.8 Å². The maximum absolute atomic E-state index is 13.3. The Labute approximate surface area is 161 Å². The summed E-state index contributed by atoms with van der Waals surface area (Å²) in [6.07, 6.45) is 0. The molecule has 0 bridgehead atoms. The van der Waals surface area contributed by atoms with Crippen LogP contribution in [0.5, 0.6) is 5.75 Å². The van der Waals surface area contributed by atoms with Crippen molar-refractivity contribution in [2.45, 2.75) is 13.8 Å². The van der Waals surface area contributed by atoms with Crippen molar-refractivity contribution >= 4 is 23.2 Å². The second-order valence-corrected chi connectivity index (χ2v) is 5.76. The number of ether oxygens (including phenoxy) is 1. The van der Waals surface area contributed by atoms with Crippen LogP contribution >= 0.6 is 0 Å². The number of nitrogens with zero attached hydrogens (tertiary/aromatic N) is 2. The van der Waals surface area contributed by atoms with Crippen molar-refractivity contribution in [2.24, 2.45) is 0 Å². The van der Waals surface area contributed by atoms with E-state index in [2.05, 4.69) is 5.32 Å². The van der Waals surface area contributed by atoms with E-state index in [1.54, 1.807) is 23.1 Å². The number of benzene rings is 2. The molecule has 0 aliphatic heterocycles. The highest BCUT2D eigenvalue weighted by atomic mass is 19.1. The average Bonchev–Trinajstić information content (AvgIpc) is 2.67. The van der Waals surface area contributed by atoms with Crippen molar-refractivity contribution in [3.63, 3.8) is 0 Å². The molecule has 148 valence electrons. The predicted molar refractivity (Wildman–Crippen MR) is 101 cm³/mol. The number of hydrogen-bond donors (Lipinski definition) is 1. The van der Waals surface area contributed by atoms with Gasteiger partial charge in [-0.25, -0.2) is 4.39 Å². The van der Waals surface area contributed by atoms with Gasteiger partial charge in [-0.1, -0.05) is 6.07 Å². The van der Waals surface area contributed by atoms with Crippen LogP contribution < -0.4 is 10.1 Å². The normalized spacial score (nSPS) is 10.2. The smallest absolute Gasteiger partial charge is 0.311 e. The molecule has 2 aromatic carbocycles. The van der Waals surface area contributed by atoms with Gasteiger partial charge in [-0.3, -0.25) is 19.7 Å². The Balaban J connectivity index is 2.05. The summed E-state index contributed by atoms with van der Waals surface area (Å²) in [4.78, 5) is 36.3. The van der Waals surface area contributed by atoms with E-state index in [1.807, 2.05) is 13.8 Å². The molecule has 0 saturated heterocycles. The number of carbonyl (C=O) groups is 2. The second-order valence-electron chi connectivity index (χ2n) is 5.76. The summed E-state index contributed by atoms with van der Waals surface area (Å²) in [6, 6.07) is 9.14. The van der Waals surface area contributed by atoms with Crippen LogP contribution in [0.3, 0.4) is 0 Å². The highest BCUT2D eigenvalue weighted by Crippen LogP contribution is 2.27. The molecule has 2 amide bonds. The number of carbonyl (C=O) groups excluding carboxylic acids is 2. The van der Waals surface area contributed by atoms with Crippen LogP contribution in [0.1, 0.15) is 24.2 Å². The van der Waals surface area contributed by atoms with Gasteiger partial charge in [0.15, 0.2) is 6.61 Å². The molecule has 0 spiro atoms. The van der Waals surface area contributed by atoms with Crippen LogP contribution in [0.2, 0.25) is 0 Å². The molecule has 2 rings (SSSR count). The average molecular weight is 389 g/mol. The summed E-state index contributed by atoms with van der Waals surface area (Å²) in [7, 11) is 0. The number of nitro groups is 1. The van der Waals surface area contributed by atoms with Crippen LogP contribution in [0, 0.1) is 15.9 Å². The summed E-state index contributed by atoms with van der Waals surface area (Å²) in [5.74, 6) is -1.83. The zero-order valence-corrected chi connectivity index (χ0v) is 15.5. The monoisotopic (exact) mass is 389 g/mol. The van der Waals surface area contributed by atoms with Gasteiger partial charge in [0.05, 0.1) is 4.92 Å². The minimum atomic E-state index is -0.727. The third kappa shape index (κ3) is 5.26. The lowest BCUT2D eigenvalue weighted by atomic mass is 10.1. The number of nitro benzene ring substituents is 1. The summed E-state index contributed by atoms with van der Waals surface area (Å²) < 4.78 is 18.4. The van der Waals surface area contributed by atoms with Gasteiger partial charge in [-0.05, 0) is 38.1 Å². The van der Waals surface area contributed by atoms with Gasteiger partial charge in [0.2, 0.25) is 5.75 Å². The van der Waals surface area contributed by atoms with Gasteiger partial charge < -0.3 is 15.0 Å². The Hall–Kier alpha value is -3.49. The molecule has 9 heteroatoms. The van der Waals surface area contributed by atoms with Gasteiger partial charge in [-0.2, -0.15) is 0 Å². The Bertz CT molecular complexity index is 884. The number of nitrogens with one attached hydrogen (secondary N) is 1. The molecule has 0 unspecified atom stereocenters. The van der Waals surface area contributed by atoms with Crippen LogP contribution in [0.4, 0.5) is 15.8 Å². The highest BCUT2D eigenvalue weighted by Gasteiger charge is 2.17. The van der Waals surface area contributed by atoms with Gasteiger partial charge >= 0.3 is 5.69 Å². The molecule has 0 fully saturated rings. The number of hydrogen-bond acceptors (Lipinski definition) is 5. The van der Waals surface area contributed by atoms with Crippen LogP contribution in [-0.2, 0) is 4.79 Å². The first-order valence-corrected chi connectivity index (χ1v) is 8.61. The lowest BCUT2D eigenvalue weighted by Gasteiger charge is -2.19. The van der Waals surface area contributed by atoms with E-state index < -0.39 is 28.9 Å². The topological polar surface area (TPSA) is 102 Å². The van der Waals surface area contributed by atoms with Crippen molar-refractivity contribution in [2.75, 3.05) is 25.0 Å². The molecular weight excluding hydrogens is 369 g/mol. The van der Waals surface area contributed by atoms with Crippen molar-refractivity contribution in [3.05, 3.63) is 64.0 Å². The molecule has 28 heavy (non-hydrogen) atoms. The SMILES string of the molecule is CCN(CC)C(=O)c1cccc(NC(=O)COc2cc(F)ccc2[N+](=O)[O-])c1. The fraction of sp³-hybridized carbons (Fsp3) is 0.263. The quantitative estimate of drug-likeness (QED) is 0.552. The number of rotatable bonds is 8. The van der Waals surface area contributed by atoms with E-state index in [1.165, 1.54) is 6.07 Å². The fourth-order valence-corrected chi connectivity index (χ4v) is 2.52. The van der Waals surface area contributed by atoms with E-state index >= 15 is 0 Å². The summed E-state index contributed by atoms with van der Waals surface area (Å²) >= 11 is 0. The molecule has 0 heterocycles. The molecule has 1 N–H and O–H groups in total. The van der Waals surface area contributed by atoms with Crippen LogP contribution in [-0.4, -0.2) is 41.3 Å². The molecule has 0 saturated carbocycles. The Kier molecular flexibility index (Phi) is 7.02. The van der Waals surface area contributed by atoms with Gasteiger partial charge in [0, 0.05) is 36.5 Å². The first-order valence-electron chi connectivity index (χ1n) is 8.61. The van der Waals surface area contributed by atoms with E-state index in [9.17, 15) is 24.1 Å². The zero-order chi connectivity index (χ0) is 20.7. The fourth-order valence-electron chi connectivity index (χ4n) is 2.52. The standard InChI is InChI=1S/C19H20FN3O5/c1-3-22(4-2)19(25)13-6-5-7-15(10-13)21-18(24)12-28-17-11-14(20)8-9-16(17)23(26)27/h5-11H,3-4,12H2,1-2H3,(H,21,24). The highest BCUT2D eigenvalue weighted by molar-refractivity contribution is 5.97. The van der Waals surface area contributed by atoms with Crippen LogP contribution in [0.25, 0.3) is 0 Å². The minimum Gasteiger partial charge on any atom is -0.477 e. The molecule has 0 atom stereocenters. The molecule has 2 aromatic rings. The molecular formula is C19H20FN3O5. The Morgan fingerprint density at radius 3 is 2.54 bits per heavy atom. The molecule has 0 aromatic heterocycles. The lowest BCUT2D eigenvalue weighted by Crippen LogP contribution is -2.30. The first-order chi connectivity index (χ1) is 13.3. The van der Waals surface area contributed by atoms with E-state index in [0.29, 0.717) is 24.3 Å². The third-order valence-electron chi connectivity index (χ3n) is 3.92. The maximum Gasteiger partial charge on any atom is 0.311 e. The predicted octanol–water partition coefficient (Wildman–Crippen LogP) is 3.23.